The standard InChI is InChI=1S/C13H14N4OS.C11H15FN2/c1-19-12-10(15)4-5-17(13(12)18)9-3-2-8(7-14)11(16)6-9;1-9-4-5-11(13-7-9)14-6-2-3-10(12)8-14/h2-3,6H,4-5,15-16H2,1H3;4-5,7,10H,2-3,6,8H2,1H3. The lowest BCUT2D eigenvalue weighted by atomic mass is 10.1. The Morgan fingerprint density at radius 3 is 2.64 bits per heavy atom. The minimum absolute atomic E-state index is 0.111. The molecule has 1 fully saturated rings. The summed E-state index contributed by atoms with van der Waals surface area (Å²) >= 11 is 1.35. The van der Waals surface area contributed by atoms with Crippen molar-refractivity contribution < 1.29 is 9.18 Å². The Labute approximate surface area is 198 Å². The van der Waals surface area contributed by atoms with Crippen molar-refractivity contribution >= 4 is 34.9 Å². The average Bonchev–Trinajstić information content (AvgIpc) is 2.80. The number of aromatic nitrogens is 1. The van der Waals surface area contributed by atoms with E-state index in [1.165, 1.54) is 11.8 Å². The van der Waals surface area contributed by atoms with Crippen LogP contribution < -0.4 is 21.3 Å². The third kappa shape index (κ3) is 5.96. The van der Waals surface area contributed by atoms with Gasteiger partial charge < -0.3 is 21.3 Å². The number of aryl methyl sites for hydroxylation is 1. The van der Waals surface area contributed by atoms with Gasteiger partial charge in [-0.3, -0.25) is 4.79 Å². The maximum Gasteiger partial charge on any atom is 0.266 e. The minimum atomic E-state index is -0.688. The van der Waals surface area contributed by atoms with Crippen LogP contribution in [0.25, 0.3) is 0 Å². The molecule has 7 nitrogen and oxygen atoms in total. The molecule has 1 amide bonds. The van der Waals surface area contributed by atoms with E-state index in [4.69, 9.17) is 16.7 Å². The topological polar surface area (TPSA) is 112 Å². The molecule has 4 N–H and O–H groups in total. The summed E-state index contributed by atoms with van der Waals surface area (Å²) < 4.78 is 13.1. The van der Waals surface area contributed by atoms with Gasteiger partial charge in [0.15, 0.2) is 0 Å². The van der Waals surface area contributed by atoms with E-state index in [0.29, 0.717) is 53.5 Å². The molecule has 1 saturated heterocycles. The summed E-state index contributed by atoms with van der Waals surface area (Å²) in [6, 6.07) is 11.0. The Bertz CT molecular complexity index is 1070. The number of nitrogens with zero attached hydrogens (tertiary/aromatic N) is 4. The first-order chi connectivity index (χ1) is 15.8. The molecule has 0 aliphatic carbocycles. The van der Waals surface area contributed by atoms with Crippen LogP contribution in [0.15, 0.2) is 47.1 Å². The number of halogens is 1. The summed E-state index contributed by atoms with van der Waals surface area (Å²) in [6.07, 6.45) is 5.24. The minimum Gasteiger partial charge on any atom is -0.401 e. The van der Waals surface area contributed by atoms with E-state index >= 15 is 0 Å². The first-order valence-electron chi connectivity index (χ1n) is 10.8. The molecule has 0 saturated carbocycles. The molecule has 9 heteroatoms. The smallest absolute Gasteiger partial charge is 0.266 e. The van der Waals surface area contributed by atoms with Gasteiger partial charge in [0.25, 0.3) is 5.91 Å². The van der Waals surface area contributed by atoms with Crippen LogP contribution >= 0.6 is 11.8 Å². The van der Waals surface area contributed by atoms with Crippen LogP contribution in [0.3, 0.4) is 0 Å². The van der Waals surface area contributed by atoms with Gasteiger partial charge in [0.05, 0.1) is 22.7 Å². The van der Waals surface area contributed by atoms with Crippen LogP contribution in [0.4, 0.5) is 21.6 Å². The summed E-state index contributed by atoms with van der Waals surface area (Å²) in [6.45, 7) is 3.96. The highest BCUT2D eigenvalue weighted by Gasteiger charge is 2.26. The second-order valence-corrected chi connectivity index (χ2v) is 8.84. The molecule has 1 atom stereocenters. The molecule has 3 heterocycles. The van der Waals surface area contributed by atoms with E-state index in [0.717, 1.165) is 24.3 Å². The van der Waals surface area contributed by atoms with Crippen molar-refractivity contribution in [1.29, 1.82) is 5.26 Å². The highest BCUT2D eigenvalue weighted by molar-refractivity contribution is 8.03. The predicted molar refractivity (Wildman–Crippen MR) is 133 cm³/mol. The van der Waals surface area contributed by atoms with Crippen LogP contribution in [-0.4, -0.2) is 43.0 Å². The van der Waals surface area contributed by atoms with E-state index in [-0.39, 0.29) is 5.91 Å². The van der Waals surface area contributed by atoms with Gasteiger partial charge in [-0.2, -0.15) is 5.26 Å². The van der Waals surface area contributed by atoms with E-state index in [1.54, 1.807) is 23.1 Å². The largest absolute Gasteiger partial charge is 0.401 e. The summed E-state index contributed by atoms with van der Waals surface area (Å²) in [5.41, 5.74) is 14.9. The second kappa shape index (κ2) is 11.1. The van der Waals surface area contributed by atoms with Gasteiger partial charge >= 0.3 is 0 Å². The molecule has 1 unspecified atom stereocenters. The van der Waals surface area contributed by atoms with E-state index < -0.39 is 6.17 Å². The molecule has 174 valence electrons. The van der Waals surface area contributed by atoms with Gasteiger partial charge in [-0.05, 0) is 55.9 Å². The summed E-state index contributed by atoms with van der Waals surface area (Å²) in [4.78, 5) is 20.8. The lowest BCUT2D eigenvalue weighted by molar-refractivity contribution is -0.114. The molecule has 1 aromatic carbocycles. The summed E-state index contributed by atoms with van der Waals surface area (Å²) in [7, 11) is 0. The Morgan fingerprint density at radius 2 is 2.03 bits per heavy atom. The SMILES string of the molecule is CSC1=C(N)CCN(c2ccc(C#N)c(N)c2)C1=O.Cc1ccc(N2CCCC(F)C2)nc1. The van der Waals surface area contributed by atoms with Gasteiger partial charge in [0.2, 0.25) is 0 Å². The third-order valence-corrected chi connectivity index (χ3v) is 6.44. The van der Waals surface area contributed by atoms with Crippen molar-refractivity contribution in [2.45, 2.75) is 32.4 Å². The number of alkyl halides is 1. The third-order valence-electron chi connectivity index (χ3n) is 5.59. The number of benzene rings is 1. The number of nitrogens with two attached hydrogens (primary N) is 2. The number of carbonyl (C=O) groups excluding carboxylic acids is 1. The zero-order valence-electron chi connectivity index (χ0n) is 18.9. The maximum atomic E-state index is 13.1. The number of amides is 1. The fourth-order valence-corrected chi connectivity index (χ4v) is 4.42. The van der Waals surface area contributed by atoms with Crippen LogP contribution in [0.1, 0.15) is 30.4 Å². The molecule has 33 heavy (non-hydrogen) atoms. The van der Waals surface area contributed by atoms with Crippen molar-refractivity contribution in [2.75, 3.05) is 41.4 Å². The quantitative estimate of drug-likeness (QED) is 0.660. The number of carbonyl (C=O) groups is 1. The number of nitrogen functional groups attached to an aromatic ring is 1. The Hall–Kier alpha value is -3.25. The molecule has 2 aliphatic rings. The van der Waals surface area contributed by atoms with E-state index in [9.17, 15) is 9.18 Å². The zero-order valence-corrected chi connectivity index (χ0v) is 19.7. The molecular weight excluding hydrogens is 439 g/mol. The molecule has 0 spiro atoms. The van der Waals surface area contributed by atoms with E-state index in [1.807, 2.05) is 42.5 Å². The fraction of sp³-hybridized carbons (Fsp3) is 0.375. The number of hydrogen-bond acceptors (Lipinski definition) is 7. The summed E-state index contributed by atoms with van der Waals surface area (Å²) in [5.74, 6) is 0.790. The number of rotatable bonds is 3. The van der Waals surface area contributed by atoms with Crippen molar-refractivity contribution in [3.05, 3.63) is 58.3 Å². The average molecular weight is 469 g/mol. The highest BCUT2D eigenvalue weighted by atomic mass is 32.2. The molecule has 1 aromatic heterocycles. The van der Waals surface area contributed by atoms with Crippen LogP contribution in [-0.2, 0) is 4.79 Å². The molecule has 2 aliphatic heterocycles. The van der Waals surface area contributed by atoms with Crippen molar-refractivity contribution in [1.82, 2.24) is 4.98 Å². The van der Waals surface area contributed by atoms with Crippen molar-refractivity contribution in [3.8, 4) is 6.07 Å². The number of piperidine rings is 1. The molecular formula is C24H29FN6OS. The highest BCUT2D eigenvalue weighted by Crippen LogP contribution is 2.29. The number of hydrogen-bond donors (Lipinski definition) is 2. The van der Waals surface area contributed by atoms with E-state index in [2.05, 4.69) is 4.98 Å². The molecule has 0 radical (unpaired) electrons. The van der Waals surface area contributed by atoms with Gasteiger partial charge in [-0.15, -0.1) is 11.8 Å². The lowest BCUT2D eigenvalue weighted by Gasteiger charge is -2.29. The van der Waals surface area contributed by atoms with Crippen LogP contribution in [0.2, 0.25) is 0 Å². The van der Waals surface area contributed by atoms with Gasteiger partial charge in [-0.1, -0.05) is 6.07 Å². The van der Waals surface area contributed by atoms with Crippen molar-refractivity contribution in [2.24, 2.45) is 5.73 Å². The number of pyridine rings is 1. The van der Waals surface area contributed by atoms with Gasteiger partial charge in [0.1, 0.15) is 18.1 Å². The number of thioether (sulfide) groups is 1. The predicted octanol–water partition coefficient (Wildman–Crippen LogP) is 3.74. The zero-order chi connectivity index (χ0) is 24.0. The maximum absolute atomic E-state index is 13.1. The second-order valence-electron chi connectivity index (χ2n) is 8.03. The van der Waals surface area contributed by atoms with Crippen LogP contribution in [0, 0.1) is 18.3 Å². The fourth-order valence-electron chi connectivity index (χ4n) is 3.77. The van der Waals surface area contributed by atoms with Gasteiger partial charge in [0, 0.05) is 37.1 Å². The monoisotopic (exact) mass is 468 g/mol. The Balaban J connectivity index is 0.000000194. The first kappa shape index (κ1) is 24.4. The first-order valence-corrected chi connectivity index (χ1v) is 12.0. The Kier molecular flexibility index (Phi) is 8.17. The number of nitriles is 1. The lowest BCUT2D eigenvalue weighted by Crippen LogP contribution is -2.38. The molecule has 0 bridgehead atoms. The molecule has 2 aromatic rings. The normalized spacial score (nSPS) is 18.5. The Morgan fingerprint density at radius 1 is 1.24 bits per heavy atom. The molecule has 4 rings (SSSR count). The number of anilines is 3. The summed E-state index contributed by atoms with van der Waals surface area (Å²) in [5, 5.41) is 8.85. The van der Waals surface area contributed by atoms with Gasteiger partial charge in [-0.25, -0.2) is 9.37 Å². The van der Waals surface area contributed by atoms with Crippen LogP contribution in [0.5, 0.6) is 0 Å². The van der Waals surface area contributed by atoms with Crippen molar-refractivity contribution in [3.63, 3.8) is 0 Å².